The van der Waals surface area contributed by atoms with Crippen LogP contribution in [0.15, 0.2) is 18.2 Å². The predicted molar refractivity (Wildman–Crippen MR) is 80.6 cm³/mol. The molecular weight excluding hydrogens is 299 g/mol. The van der Waals surface area contributed by atoms with Gasteiger partial charge in [-0.2, -0.15) is 0 Å². The normalized spacial score (nSPS) is 18.6. The Labute approximate surface area is 128 Å². The van der Waals surface area contributed by atoms with Crippen molar-refractivity contribution in [2.75, 3.05) is 26.2 Å². The Hall–Kier alpha value is -0.970. The lowest BCUT2D eigenvalue weighted by Crippen LogP contribution is -2.39. The van der Waals surface area contributed by atoms with E-state index in [2.05, 4.69) is 10.6 Å². The van der Waals surface area contributed by atoms with Crippen LogP contribution in [-0.4, -0.2) is 32.1 Å². The maximum absolute atomic E-state index is 11.7. The molecule has 0 saturated carbocycles. The number of para-hydroxylation sites is 1. The van der Waals surface area contributed by atoms with Crippen molar-refractivity contribution in [1.82, 2.24) is 10.6 Å². The van der Waals surface area contributed by atoms with Crippen LogP contribution in [0.2, 0.25) is 10.0 Å². The molecule has 0 bridgehead atoms. The molecule has 20 heavy (non-hydrogen) atoms. The number of rotatable bonds is 5. The number of carbonyl (C=O) groups excluding carboxylic acids is 1. The van der Waals surface area contributed by atoms with Gasteiger partial charge in [-0.3, -0.25) is 4.79 Å². The van der Waals surface area contributed by atoms with Gasteiger partial charge >= 0.3 is 0 Å². The molecule has 2 N–H and O–H groups in total. The summed E-state index contributed by atoms with van der Waals surface area (Å²) in [5, 5.41) is 6.99. The number of piperidine rings is 1. The molecule has 1 heterocycles. The standard InChI is InChI=1S/C14H18Cl2N2O2/c15-11-4-1-5-12(16)14(11)20-9-13(19)18-8-10-3-2-6-17-7-10/h1,4-5,10,17H,2-3,6-9H2,(H,18,19). The van der Waals surface area contributed by atoms with Gasteiger partial charge in [0.1, 0.15) is 0 Å². The van der Waals surface area contributed by atoms with E-state index in [1.165, 1.54) is 0 Å². The monoisotopic (exact) mass is 316 g/mol. The molecule has 6 heteroatoms. The van der Waals surface area contributed by atoms with Crippen molar-refractivity contribution in [3.8, 4) is 5.75 Å². The van der Waals surface area contributed by atoms with Gasteiger partial charge in [-0.1, -0.05) is 29.3 Å². The molecule has 0 radical (unpaired) electrons. The fourth-order valence-electron chi connectivity index (χ4n) is 2.17. The first-order valence-corrected chi connectivity index (χ1v) is 7.46. The highest BCUT2D eigenvalue weighted by Gasteiger charge is 2.14. The SMILES string of the molecule is O=C(COc1c(Cl)cccc1Cl)NCC1CCCNC1. The second kappa shape index (κ2) is 7.72. The fourth-order valence-corrected chi connectivity index (χ4v) is 2.67. The molecule has 1 atom stereocenters. The summed E-state index contributed by atoms with van der Waals surface area (Å²) in [5.74, 6) is 0.688. The molecule has 1 unspecified atom stereocenters. The molecule has 1 aliphatic heterocycles. The Morgan fingerprint density at radius 3 is 2.80 bits per heavy atom. The topological polar surface area (TPSA) is 50.4 Å². The summed E-state index contributed by atoms with van der Waals surface area (Å²) in [6.45, 7) is 2.62. The highest BCUT2D eigenvalue weighted by Crippen LogP contribution is 2.32. The summed E-state index contributed by atoms with van der Waals surface area (Å²) in [4.78, 5) is 11.7. The third kappa shape index (κ3) is 4.54. The molecule has 1 aromatic rings. The number of carbonyl (C=O) groups is 1. The number of halogens is 2. The molecule has 1 aliphatic rings. The summed E-state index contributed by atoms with van der Waals surface area (Å²) >= 11 is 11.9. The van der Waals surface area contributed by atoms with Gasteiger partial charge in [0, 0.05) is 6.54 Å². The number of hydrogen-bond acceptors (Lipinski definition) is 3. The van der Waals surface area contributed by atoms with Crippen molar-refractivity contribution in [2.45, 2.75) is 12.8 Å². The first kappa shape index (κ1) is 15.4. The van der Waals surface area contributed by atoms with Crippen molar-refractivity contribution in [3.63, 3.8) is 0 Å². The fraction of sp³-hybridized carbons (Fsp3) is 0.500. The Balaban J connectivity index is 1.74. The zero-order chi connectivity index (χ0) is 14.4. The minimum Gasteiger partial charge on any atom is -0.481 e. The smallest absolute Gasteiger partial charge is 0.257 e. The quantitative estimate of drug-likeness (QED) is 0.877. The first-order chi connectivity index (χ1) is 9.66. The van der Waals surface area contributed by atoms with E-state index in [1.807, 2.05) is 0 Å². The van der Waals surface area contributed by atoms with Crippen molar-refractivity contribution >= 4 is 29.1 Å². The largest absolute Gasteiger partial charge is 0.481 e. The van der Waals surface area contributed by atoms with Crippen molar-refractivity contribution in [2.24, 2.45) is 5.92 Å². The van der Waals surface area contributed by atoms with Crippen LogP contribution in [0.3, 0.4) is 0 Å². The van der Waals surface area contributed by atoms with Crippen molar-refractivity contribution in [1.29, 1.82) is 0 Å². The molecule has 0 spiro atoms. The molecule has 4 nitrogen and oxygen atoms in total. The van der Waals surface area contributed by atoms with E-state index in [-0.39, 0.29) is 12.5 Å². The van der Waals surface area contributed by atoms with Crippen LogP contribution >= 0.6 is 23.2 Å². The predicted octanol–water partition coefficient (Wildman–Crippen LogP) is 2.49. The Morgan fingerprint density at radius 2 is 2.15 bits per heavy atom. The van der Waals surface area contributed by atoms with Crippen LogP contribution in [-0.2, 0) is 4.79 Å². The van der Waals surface area contributed by atoms with Crippen LogP contribution in [0.25, 0.3) is 0 Å². The van der Waals surface area contributed by atoms with Crippen LogP contribution in [0.5, 0.6) is 5.75 Å². The van der Waals surface area contributed by atoms with E-state index < -0.39 is 0 Å². The van der Waals surface area contributed by atoms with Crippen molar-refractivity contribution in [3.05, 3.63) is 28.2 Å². The average Bonchev–Trinajstić information content (AvgIpc) is 2.46. The van der Waals surface area contributed by atoms with Gasteiger partial charge in [-0.25, -0.2) is 0 Å². The minimum atomic E-state index is -0.161. The molecule has 1 fully saturated rings. The second-order valence-electron chi connectivity index (χ2n) is 4.86. The number of hydrogen-bond donors (Lipinski definition) is 2. The van der Waals surface area contributed by atoms with Gasteiger partial charge in [0.15, 0.2) is 12.4 Å². The van der Waals surface area contributed by atoms with Crippen molar-refractivity contribution < 1.29 is 9.53 Å². The van der Waals surface area contributed by atoms with E-state index in [4.69, 9.17) is 27.9 Å². The van der Waals surface area contributed by atoms with Crippen LogP contribution in [0, 0.1) is 5.92 Å². The molecule has 0 aromatic heterocycles. The molecular formula is C14H18Cl2N2O2. The highest BCUT2D eigenvalue weighted by atomic mass is 35.5. The van der Waals surface area contributed by atoms with E-state index in [9.17, 15) is 4.79 Å². The number of ether oxygens (including phenoxy) is 1. The van der Waals surface area contributed by atoms with Gasteiger partial charge < -0.3 is 15.4 Å². The molecule has 1 saturated heterocycles. The molecule has 1 amide bonds. The maximum atomic E-state index is 11.7. The molecule has 2 rings (SSSR count). The zero-order valence-corrected chi connectivity index (χ0v) is 12.6. The lowest BCUT2D eigenvalue weighted by molar-refractivity contribution is -0.123. The van der Waals surface area contributed by atoms with Gasteiger partial charge in [0.2, 0.25) is 0 Å². The summed E-state index contributed by atoms with van der Waals surface area (Å²) in [7, 11) is 0. The summed E-state index contributed by atoms with van der Waals surface area (Å²) in [5.41, 5.74) is 0. The molecule has 110 valence electrons. The van der Waals surface area contributed by atoms with E-state index >= 15 is 0 Å². The number of nitrogens with one attached hydrogen (secondary N) is 2. The minimum absolute atomic E-state index is 0.0798. The molecule has 1 aromatic carbocycles. The van der Waals surface area contributed by atoms with Crippen LogP contribution in [0.4, 0.5) is 0 Å². The van der Waals surface area contributed by atoms with E-state index in [0.717, 1.165) is 25.9 Å². The van der Waals surface area contributed by atoms with Gasteiger partial charge in [-0.05, 0) is 44.0 Å². The summed E-state index contributed by atoms with van der Waals surface area (Å²) in [6.07, 6.45) is 2.30. The van der Waals surface area contributed by atoms with Crippen LogP contribution < -0.4 is 15.4 Å². The number of amides is 1. The first-order valence-electron chi connectivity index (χ1n) is 6.71. The average molecular weight is 317 g/mol. The van der Waals surface area contributed by atoms with E-state index in [0.29, 0.717) is 28.3 Å². The lowest BCUT2D eigenvalue weighted by atomic mass is 10.00. The summed E-state index contributed by atoms with van der Waals surface area (Å²) in [6, 6.07) is 5.08. The lowest BCUT2D eigenvalue weighted by Gasteiger charge is -2.22. The molecule has 0 aliphatic carbocycles. The Bertz CT molecular complexity index is 442. The van der Waals surface area contributed by atoms with Gasteiger partial charge in [0.25, 0.3) is 5.91 Å². The third-order valence-electron chi connectivity index (χ3n) is 3.25. The van der Waals surface area contributed by atoms with Gasteiger partial charge in [0.05, 0.1) is 10.0 Å². The van der Waals surface area contributed by atoms with Gasteiger partial charge in [-0.15, -0.1) is 0 Å². The Kier molecular flexibility index (Phi) is 5.95. The summed E-state index contributed by atoms with van der Waals surface area (Å²) < 4.78 is 5.38. The maximum Gasteiger partial charge on any atom is 0.257 e. The Morgan fingerprint density at radius 1 is 1.40 bits per heavy atom. The zero-order valence-electron chi connectivity index (χ0n) is 11.1. The second-order valence-corrected chi connectivity index (χ2v) is 5.67. The van der Waals surface area contributed by atoms with Crippen LogP contribution in [0.1, 0.15) is 12.8 Å². The number of benzene rings is 1. The third-order valence-corrected chi connectivity index (χ3v) is 3.85. The highest BCUT2D eigenvalue weighted by molar-refractivity contribution is 6.37. The van der Waals surface area contributed by atoms with E-state index in [1.54, 1.807) is 18.2 Å².